The Balaban J connectivity index is 1.17. The molecule has 1 aliphatic heterocycles. The van der Waals surface area contributed by atoms with Crippen LogP contribution in [0.5, 0.6) is 0 Å². The minimum atomic E-state index is -4.71. The van der Waals surface area contributed by atoms with Crippen molar-refractivity contribution in [2.45, 2.75) is 52.6 Å². The van der Waals surface area contributed by atoms with Crippen molar-refractivity contribution in [2.75, 3.05) is 19.0 Å². The van der Waals surface area contributed by atoms with E-state index in [1.165, 1.54) is 25.0 Å². The summed E-state index contributed by atoms with van der Waals surface area (Å²) in [5, 5.41) is 7.66. The number of aryl methyl sites for hydroxylation is 2. The summed E-state index contributed by atoms with van der Waals surface area (Å²) in [7, 11) is 1.39. The fraction of sp³-hybridized carbons (Fsp3) is 0.353. The number of piperidine rings is 1. The van der Waals surface area contributed by atoms with Gasteiger partial charge in [-0.05, 0) is 80.5 Å². The second kappa shape index (κ2) is 11.5. The van der Waals surface area contributed by atoms with Crippen molar-refractivity contribution in [1.29, 1.82) is 0 Å². The number of ether oxygens (including phenoxy) is 1. The van der Waals surface area contributed by atoms with E-state index in [4.69, 9.17) is 4.74 Å². The molecule has 0 spiro atoms. The number of halogens is 3. The third-order valence-corrected chi connectivity index (χ3v) is 9.17. The van der Waals surface area contributed by atoms with Crippen LogP contribution in [0.2, 0.25) is 0 Å². The van der Waals surface area contributed by atoms with Gasteiger partial charge < -0.3 is 19.5 Å². The van der Waals surface area contributed by atoms with E-state index < -0.39 is 23.8 Å². The third kappa shape index (κ3) is 5.59. The number of Topliss-reactive ketones (excluding diaryl/α,β-unsaturated/α-hetero) is 1. The van der Waals surface area contributed by atoms with Crippen molar-refractivity contribution in [3.63, 3.8) is 0 Å². The van der Waals surface area contributed by atoms with E-state index in [1.54, 1.807) is 15.3 Å². The highest BCUT2D eigenvalue weighted by Gasteiger charge is 2.57. The molecule has 2 amide bonds. The number of methoxy groups -OCH3 is 1. The standard InChI is InChI=1S/C34H32F3N7O4/c1-17-9-22(20-6-8-28-38-19(3)41-44(28)13-20)10-25-26(18(2)45)14-42(30(17)25)15-29(46)43-12-23-11-24(23)31(43)33(47)40-32-21(16-48-4)5-7-27(39-32)34(35,36)37/h5-10,13-14,23-24,31H,11-12,15-16H2,1-4H3,(H,39,40,47)/t23-,24-,31+/m1/s1. The number of nitrogens with zero attached hydrogens (tertiary/aromatic N) is 6. The molecule has 1 saturated heterocycles. The number of carbonyl (C=O) groups is 3. The first-order valence-electron chi connectivity index (χ1n) is 15.5. The molecule has 7 rings (SSSR count). The number of benzene rings is 1. The molecule has 1 N–H and O–H groups in total. The molecule has 1 saturated carbocycles. The molecule has 1 aliphatic carbocycles. The van der Waals surface area contributed by atoms with Crippen LogP contribution >= 0.6 is 0 Å². The van der Waals surface area contributed by atoms with Gasteiger partial charge in [-0.15, -0.1) is 0 Å². The van der Waals surface area contributed by atoms with E-state index >= 15 is 0 Å². The number of alkyl halides is 3. The lowest BCUT2D eigenvalue weighted by Gasteiger charge is -2.27. The Hall–Kier alpha value is -5.11. The molecule has 0 radical (unpaired) electrons. The number of amides is 2. The maximum Gasteiger partial charge on any atom is 0.433 e. The quantitative estimate of drug-likeness (QED) is 0.227. The van der Waals surface area contributed by atoms with E-state index in [1.807, 2.05) is 44.3 Å². The molecule has 0 unspecified atom stereocenters. The lowest BCUT2D eigenvalue weighted by molar-refractivity contribution is -0.141. The van der Waals surface area contributed by atoms with Crippen LogP contribution in [0.1, 0.15) is 46.3 Å². The van der Waals surface area contributed by atoms with Gasteiger partial charge in [0.15, 0.2) is 11.4 Å². The number of nitrogens with one attached hydrogen (secondary N) is 1. The van der Waals surface area contributed by atoms with E-state index in [-0.39, 0.29) is 48.1 Å². The van der Waals surface area contributed by atoms with Gasteiger partial charge in [0.1, 0.15) is 29.9 Å². The number of rotatable bonds is 8. The van der Waals surface area contributed by atoms with Crippen LogP contribution in [0.15, 0.2) is 48.8 Å². The van der Waals surface area contributed by atoms with Crippen LogP contribution in [-0.4, -0.2) is 66.3 Å². The molecule has 0 bridgehead atoms. The van der Waals surface area contributed by atoms with Gasteiger partial charge in [-0.3, -0.25) is 14.4 Å². The predicted molar refractivity (Wildman–Crippen MR) is 169 cm³/mol. The number of ketones is 1. The largest absolute Gasteiger partial charge is 0.433 e. The highest BCUT2D eigenvalue weighted by Crippen LogP contribution is 2.50. The highest BCUT2D eigenvalue weighted by molar-refractivity contribution is 6.09. The van der Waals surface area contributed by atoms with Crippen molar-refractivity contribution >= 4 is 40.0 Å². The second-order valence-electron chi connectivity index (χ2n) is 12.6. The Bertz CT molecular complexity index is 2140. The van der Waals surface area contributed by atoms with Crippen LogP contribution in [0.25, 0.3) is 27.7 Å². The van der Waals surface area contributed by atoms with Crippen molar-refractivity contribution in [1.82, 2.24) is 29.0 Å². The molecular formula is C34H32F3N7O4. The zero-order valence-electron chi connectivity index (χ0n) is 26.6. The van der Waals surface area contributed by atoms with Crippen molar-refractivity contribution < 1.29 is 32.3 Å². The Kier molecular flexibility index (Phi) is 7.57. The number of anilines is 1. The summed E-state index contributed by atoms with van der Waals surface area (Å²) in [4.78, 5) is 49.9. The average molecular weight is 660 g/mol. The van der Waals surface area contributed by atoms with Gasteiger partial charge in [0.2, 0.25) is 11.8 Å². The van der Waals surface area contributed by atoms with Crippen LogP contribution in [-0.2, 0) is 33.7 Å². The Labute approximate surface area is 272 Å². The lowest BCUT2D eigenvalue weighted by Crippen LogP contribution is -2.47. The SMILES string of the molecule is COCc1ccc(C(F)(F)F)nc1NC(=O)[C@@H]1[C@@H]2C[C@@H]2CN1C(=O)Cn1cc(C(C)=O)c2cc(-c3ccc4nc(C)nn4c3)cc(C)c21. The number of aromatic nitrogens is 5. The van der Waals surface area contributed by atoms with Gasteiger partial charge in [-0.1, -0.05) is 6.07 Å². The van der Waals surface area contributed by atoms with Crippen molar-refractivity contribution in [3.8, 4) is 11.1 Å². The number of pyridine rings is 2. The number of likely N-dealkylation sites (tertiary alicyclic amines) is 1. The maximum absolute atomic E-state index is 13.9. The van der Waals surface area contributed by atoms with E-state index in [9.17, 15) is 27.6 Å². The van der Waals surface area contributed by atoms with Gasteiger partial charge in [0, 0.05) is 48.1 Å². The molecule has 5 aromatic rings. The van der Waals surface area contributed by atoms with Gasteiger partial charge in [-0.25, -0.2) is 14.5 Å². The van der Waals surface area contributed by atoms with Crippen molar-refractivity contribution in [2.24, 2.45) is 11.8 Å². The first-order valence-corrected chi connectivity index (χ1v) is 15.5. The summed E-state index contributed by atoms with van der Waals surface area (Å²) in [6.45, 7) is 5.37. The predicted octanol–water partition coefficient (Wildman–Crippen LogP) is 5.22. The smallest absolute Gasteiger partial charge is 0.380 e. The van der Waals surface area contributed by atoms with Crippen molar-refractivity contribution in [3.05, 3.63) is 77.0 Å². The topological polar surface area (TPSA) is 124 Å². The number of hydrogen-bond donors (Lipinski definition) is 1. The average Bonchev–Trinajstić information content (AvgIpc) is 3.33. The number of hydrogen-bond acceptors (Lipinski definition) is 7. The van der Waals surface area contributed by atoms with Crippen LogP contribution in [0.3, 0.4) is 0 Å². The molecule has 3 atom stereocenters. The maximum atomic E-state index is 13.9. The Morgan fingerprint density at radius 2 is 1.83 bits per heavy atom. The zero-order chi connectivity index (χ0) is 34.1. The van der Waals surface area contributed by atoms with Crippen LogP contribution in [0, 0.1) is 25.7 Å². The zero-order valence-corrected chi connectivity index (χ0v) is 26.6. The van der Waals surface area contributed by atoms with Gasteiger partial charge in [0.05, 0.1) is 12.1 Å². The summed E-state index contributed by atoms with van der Waals surface area (Å²) in [6, 6.07) is 8.91. The van der Waals surface area contributed by atoms with E-state index in [0.717, 1.165) is 40.3 Å². The monoisotopic (exact) mass is 659 g/mol. The van der Waals surface area contributed by atoms with Gasteiger partial charge in [0.25, 0.3) is 0 Å². The van der Waals surface area contributed by atoms with Crippen LogP contribution in [0.4, 0.5) is 19.0 Å². The fourth-order valence-corrected chi connectivity index (χ4v) is 6.90. The first-order chi connectivity index (χ1) is 22.8. The second-order valence-corrected chi connectivity index (χ2v) is 12.6. The molecule has 1 aromatic carbocycles. The molecule has 14 heteroatoms. The normalized spacial score (nSPS) is 18.8. The van der Waals surface area contributed by atoms with Crippen LogP contribution < -0.4 is 5.32 Å². The first kappa shape index (κ1) is 31.5. The summed E-state index contributed by atoms with van der Waals surface area (Å²) in [6.07, 6.45) is -0.420. The molecule has 248 valence electrons. The summed E-state index contributed by atoms with van der Waals surface area (Å²) in [5.41, 5.74) is 3.63. The Morgan fingerprint density at radius 3 is 2.56 bits per heavy atom. The molecular weight excluding hydrogens is 627 g/mol. The molecule has 48 heavy (non-hydrogen) atoms. The highest BCUT2D eigenvalue weighted by atomic mass is 19.4. The van der Waals surface area contributed by atoms with Gasteiger partial charge in [-0.2, -0.15) is 18.3 Å². The minimum absolute atomic E-state index is 0.0604. The third-order valence-electron chi connectivity index (χ3n) is 9.17. The lowest BCUT2D eigenvalue weighted by atomic mass is 9.99. The molecule has 2 aliphatic rings. The summed E-state index contributed by atoms with van der Waals surface area (Å²) >= 11 is 0. The Morgan fingerprint density at radius 1 is 1.04 bits per heavy atom. The van der Waals surface area contributed by atoms with Gasteiger partial charge >= 0.3 is 6.18 Å². The molecule has 4 aromatic heterocycles. The fourth-order valence-electron chi connectivity index (χ4n) is 6.90. The molecule has 5 heterocycles. The minimum Gasteiger partial charge on any atom is -0.380 e. The number of fused-ring (bicyclic) bond motifs is 3. The summed E-state index contributed by atoms with van der Waals surface area (Å²) in [5.74, 6) is -0.668. The van der Waals surface area contributed by atoms with E-state index in [2.05, 4.69) is 20.4 Å². The molecule has 11 nitrogen and oxygen atoms in total. The number of carbonyl (C=O) groups excluding carboxylic acids is 3. The summed E-state index contributed by atoms with van der Waals surface area (Å²) < 4.78 is 48.8. The molecule has 2 fully saturated rings. The van der Waals surface area contributed by atoms with E-state index in [0.29, 0.717) is 23.3 Å².